The largest absolute Gasteiger partial charge is 0.471 e. The Morgan fingerprint density at radius 2 is 2.24 bits per heavy atom. The van der Waals surface area contributed by atoms with Crippen LogP contribution in [0.4, 0.5) is 0 Å². The van der Waals surface area contributed by atoms with Gasteiger partial charge in [-0.05, 0) is 19.9 Å². The number of hydrogen-bond donors (Lipinski definition) is 2. The third kappa shape index (κ3) is 2.40. The van der Waals surface area contributed by atoms with E-state index in [1.165, 1.54) is 18.6 Å². The molecule has 92 valence electrons. The number of sulfonamides is 1. The van der Waals surface area contributed by atoms with Crippen molar-refractivity contribution in [2.24, 2.45) is 0 Å². The predicted octanol–water partition coefficient (Wildman–Crippen LogP) is 1.10. The lowest BCUT2D eigenvalue weighted by Crippen LogP contribution is -2.23. The molecule has 0 aliphatic rings. The van der Waals surface area contributed by atoms with Crippen LogP contribution in [0.1, 0.15) is 17.0 Å². The Kier molecular flexibility index (Phi) is 3.03. The van der Waals surface area contributed by atoms with Crippen LogP contribution in [0.15, 0.2) is 27.9 Å². The second kappa shape index (κ2) is 4.34. The maximum Gasteiger partial charge on any atom is 0.244 e. The lowest BCUT2D eigenvalue weighted by Gasteiger charge is -2.04. The van der Waals surface area contributed by atoms with Gasteiger partial charge in [-0.2, -0.15) is 5.10 Å². The lowest BCUT2D eigenvalue weighted by molar-refractivity contribution is 0.553. The van der Waals surface area contributed by atoms with Gasteiger partial charge in [-0.1, -0.05) is 0 Å². The molecule has 7 heteroatoms. The fraction of sp³-hybridized carbons (Fsp3) is 0.300. The molecule has 0 aromatic carbocycles. The van der Waals surface area contributed by atoms with Crippen LogP contribution in [0, 0.1) is 13.8 Å². The zero-order chi connectivity index (χ0) is 12.5. The van der Waals surface area contributed by atoms with Crippen LogP contribution in [-0.2, 0) is 16.6 Å². The first-order chi connectivity index (χ1) is 8.00. The Balaban J connectivity index is 2.14. The minimum atomic E-state index is -3.51. The molecule has 0 bridgehead atoms. The highest BCUT2D eigenvalue weighted by Gasteiger charge is 2.16. The first kappa shape index (κ1) is 11.9. The van der Waals surface area contributed by atoms with Crippen LogP contribution in [0.3, 0.4) is 0 Å². The molecule has 2 N–H and O–H groups in total. The highest BCUT2D eigenvalue weighted by molar-refractivity contribution is 7.89. The van der Waals surface area contributed by atoms with Crippen molar-refractivity contribution < 1.29 is 12.8 Å². The smallest absolute Gasteiger partial charge is 0.244 e. The number of rotatable bonds is 4. The molecule has 0 aliphatic heterocycles. The van der Waals surface area contributed by atoms with Gasteiger partial charge in [0.05, 0.1) is 12.0 Å². The highest BCUT2D eigenvalue weighted by atomic mass is 32.2. The number of nitrogens with one attached hydrogen (secondary N) is 2. The van der Waals surface area contributed by atoms with Crippen LogP contribution in [0.25, 0.3) is 0 Å². The number of hydrogen-bond acceptors (Lipinski definition) is 4. The normalized spacial score (nSPS) is 11.9. The molecule has 2 aromatic rings. The van der Waals surface area contributed by atoms with Crippen molar-refractivity contribution in [3.05, 3.63) is 35.5 Å². The van der Waals surface area contributed by atoms with E-state index in [0.29, 0.717) is 0 Å². The van der Waals surface area contributed by atoms with Gasteiger partial charge in [0.2, 0.25) is 10.0 Å². The van der Waals surface area contributed by atoms with E-state index < -0.39 is 10.0 Å². The summed E-state index contributed by atoms with van der Waals surface area (Å²) in [7, 11) is -3.51. The molecule has 0 amide bonds. The second-order valence-corrected chi connectivity index (χ2v) is 5.46. The van der Waals surface area contributed by atoms with Gasteiger partial charge in [-0.15, -0.1) is 0 Å². The minimum absolute atomic E-state index is 0.122. The maximum absolute atomic E-state index is 11.8. The fourth-order valence-corrected chi connectivity index (χ4v) is 2.41. The number of aromatic amines is 1. The molecule has 0 aliphatic carbocycles. The number of furan rings is 1. The van der Waals surface area contributed by atoms with Gasteiger partial charge in [-0.3, -0.25) is 5.10 Å². The zero-order valence-corrected chi connectivity index (χ0v) is 10.3. The van der Waals surface area contributed by atoms with E-state index in [4.69, 9.17) is 4.42 Å². The summed E-state index contributed by atoms with van der Waals surface area (Å²) in [6, 6.07) is 1.40. The summed E-state index contributed by atoms with van der Waals surface area (Å²) in [4.78, 5) is 0.122. The number of nitrogens with zero attached hydrogens (tertiary/aromatic N) is 1. The van der Waals surface area contributed by atoms with E-state index in [9.17, 15) is 8.42 Å². The summed E-state index contributed by atoms with van der Waals surface area (Å²) < 4.78 is 30.9. The number of aromatic nitrogens is 2. The Labute approximate surface area is 99.1 Å². The van der Waals surface area contributed by atoms with Gasteiger partial charge in [0.1, 0.15) is 11.2 Å². The van der Waals surface area contributed by atoms with Crippen molar-refractivity contribution in [1.82, 2.24) is 14.9 Å². The highest BCUT2D eigenvalue weighted by Crippen LogP contribution is 2.12. The van der Waals surface area contributed by atoms with Crippen LogP contribution in [-0.4, -0.2) is 18.6 Å². The SMILES string of the molecule is Cc1n[nH]c(C)c1CNS(=O)(=O)c1ccoc1. The molecule has 2 aromatic heterocycles. The molecule has 0 atom stereocenters. The summed E-state index contributed by atoms with van der Waals surface area (Å²) in [6.45, 7) is 3.88. The van der Waals surface area contributed by atoms with E-state index in [-0.39, 0.29) is 11.4 Å². The van der Waals surface area contributed by atoms with Gasteiger partial charge in [0.15, 0.2) is 0 Å². The van der Waals surface area contributed by atoms with Crippen molar-refractivity contribution >= 4 is 10.0 Å². The van der Waals surface area contributed by atoms with Crippen LogP contribution >= 0.6 is 0 Å². The summed E-state index contributed by atoms with van der Waals surface area (Å²) >= 11 is 0. The van der Waals surface area contributed by atoms with Crippen molar-refractivity contribution in [2.75, 3.05) is 0 Å². The maximum atomic E-state index is 11.8. The van der Waals surface area contributed by atoms with Gasteiger partial charge in [0, 0.05) is 17.8 Å². The monoisotopic (exact) mass is 255 g/mol. The van der Waals surface area contributed by atoms with Gasteiger partial charge in [0.25, 0.3) is 0 Å². The van der Waals surface area contributed by atoms with Gasteiger partial charge < -0.3 is 4.42 Å². The number of aryl methyl sites for hydroxylation is 2. The summed E-state index contributed by atoms with van der Waals surface area (Å²) in [5.74, 6) is 0. The van der Waals surface area contributed by atoms with Crippen molar-refractivity contribution in [3.8, 4) is 0 Å². The lowest BCUT2D eigenvalue weighted by atomic mass is 10.2. The molecule has 0 unspecified atom stereocenters. The van der Waals surface area contributed by atoms with Crippen molar-refractivity contribution in [1.29, 1.82) is 0 Å². The van der Waals surface area contributed by atoms with E-state index in [1.807, 2.05) is 13.8 Å². The molecular weight excluding hydrogens is 242 g/mol. The van der Waals surface area contributed by atoms with E-state index in [1.54, 1.807) is 0 Å². The van der Waals surface area contributed by atoms with E-state index >= 15 is 0 Å². The standard InChI is InChI=1S/C10H13N3O3S/c1-7-10(8(2)13-12-7)5-11-17(14,15)9-3-4-16-6-9/h3-4,6,11H,5H2,1-2H3,(H,12,13). The molecule has 0 radical (unpaired) electrons. The Morgan fingerprint density at radius 1 is 1.47 bits per heavy atom. The minimum Gasteiger partial charge on any atom is -0.471 e. The molecule has 2 heterocycles. The van der Waals surface area contributed by atoms with Crippen LogP contribution in [0.2, 0.25) is 0 Å². The molecule has 2 rings (SSSR count). The van der Waals surface area contributed by atoms with E-state index in [2.05, 4.69) is 14.9 Å². The van der Waals surface area contributed by atoms with E-state index in [0.717, 1.165) is 17.0 Å². The third-order valence-electron chi connectivity index (χ3n) is 2.53. The van der Waals surface area contributed by atoms with Crippen LogP contribution in [0.5, 0.6) is 0 Å². The summed E-state index contributed by atoms with van der Waals surface area (Å²) in [5, 5.41) is 6.81. The average Bonchev–Trinajstić information content (AvgIpc) is 2.88. The fourth-order valence-electron chi connectivity index (χ4n) is 1.49. The molecule has 6 nitrogen and oxygen atoms in total. The van der Waals surface area contributed by atoms with Gasteiger partial charge in [-0.25, -0.2) is 13.1 Å². The average molecular weight is 255 g/mol. The molecular formula is C10H13N3O3S. The van der Waals surface area contributed by atoms with Crippen molar-refractivity contribution in [3.63, 3.8) is 0 Å². The summed E-state index contributed by atoms with van der Waals surface area (Å²) in [5.41, 5.74) is 2.51. The Bertz CT molecular complexity index is 579. The Morgan fingerprint density at radius 3 is 2.76 bits per heavy atom. The summed E-state index contributed by atoms with van der Waals surface area (Å²) in [6.07, 6.45) is 2.51. The molecule has 17 heavy (non-hydrogen) atoms. The molecule has 0 saturated heterocycles. The zero-order valence-electron chi connectivity index (χ0n) is 9.52. The van der Waals surface area contributed by atoms with Gasteiger partial charge >= 0.3 is 0 Å². The van der Waals surface area contributed by atoms with Crippen molar-refractivity contribution in [2.45, 2.75) is 25.3 Å². The first-order valence-electron chi connectivity index (χ1n) is 5.03. The topological polar surface area (TPSA) is 88.0 Å². The first-order valence-corrected chi connectivity index (χ1v) is 6.51. The Hall–Kier alpha value is -1.60. The number of H-pyrrole nitrogens is 1. The molecule has 0 spiro atoms. The third-order valence-corrected chi connectivity index (χ3v) is 3.90. The molecule has 0 saturated carbocycles. The molecule has 0 fully saturated rings. The second-order valence-electron chi connectivity index (χ2n) is 3.70. The predicted molar refractivity (Wildman–Crippen MR) is 60.8 cm³/mol. The quantitative estimate of drug-likeness (QED) is 0.856. The van der Waals surface area contributed by atoms with Crippen LogP contribution < -0.4 is 4.72 Å².